The number of hydrogen-bond donors (Lipinski definition) is 2. The smallest absolute Gasteiger partial charge is 0.341 e. The summed E-state index contributed by atoms with van der Waals surface area (Å²) in [5, 5.41) is 10.8. The molecule has 0 saturated carbocycles. The normalized spacial score (nSPS) is 11.1. The van der Waals surface area contributed by atoms with Crippen molar-refractivity contribution in [2.24, 2.45) is 0 Å². The van der Waals surface area contributed by atoms with Crippen LogP contribution in [0.4, 0.5) is 5.69 Å². The maximum atomic E-state index is 11.2. The third kappa shape index (κ3) is 1.27. The van der Waals surface area contributed by atoms with E-state index in [0.717, 1.165) is 10.8 Å². The molecule has 3 rings (SSSR count). The minimum absolute atomic E-state index is 0.0266. The molecule has 0 atom stereocenters. The molecule has 3 aromatic rings. The van der Waals surface area contributed by atoms with Gasteiger partial charge in [0.05, 0.1) is 0 Å². The Hall–Kier alpha value is -2.49. The van der Waals surface area contributed by atoms with Gasteiger partial charge in [-0.05, 0) is 18.2 Å². The van der Waals surface area contributed by atoms with E-state index in [0.29, 0.717) is 11.2 Å². The summed E-state index contributed by atoms with van der Waals surface area (Å²) in [4.78, 5) is 11.2. The largest absolute Gasteiger partial charge is 0.477 e. The summed E-state index contributed by atoms with van der Waals surface area (Å²) in [7, 11) is 0. The van der Waals surface area contributed by atoms with E-state index in [1.807, 2.05) is 18.2 Å². The zero-order valence-electron chi connectivity index (χ0n) is 8.81. The topological polar surface area (TPSA) is 76.5 Å². The van der Waals surface area contributed by atoms with Crippen LogP contribution in [-0.2, 0) is 0 Å². The summed E-state index contributed by atoms with van der Waals surface area (Å²) in [5.74, 6) is -1.08. The van der Waals surface area contributed by atoms with E-state index in [-0.39, 0.29) is 11.3 Å². The van der Waals surface area contributed by atoms with Crippen molar-refractivity contribution < 1.29 is 14.3 Å². The minimum atomic E-state index is -1.08. The summed E-state index contributed by atoms with van der Waals surface area (Å²) < 4.78 is 5.56. The summed E-state index contributed by atoms with van der Waals surface area (Å²) >= 11 is 0. The van der Waals surface area contributed by atoms with Crippen molar-refractivity contribution in [3.05, 3.63) is 42.0 Å². The van der Waals surface area contributed by atoms with Crippen LogP contribution in [0.5, 0.6) is 0 Å². The maximum Gasteiger partial charge on any atom is 0.341 e. The fourth-order valence-corrected chi connectivity index (χ4v) is 2.02. The van der Waals surface area contributed by atoms with E-state index in [9.17, 15) is 4.79 Å². The summed E-state index contributed by atoms with van der Waals surface area (Å²) in [6, 6.07) is 10.8. The van der Waals surface area contributed by atoms with Gasteiger partial charge in [0, 0.05) is 16.5 Å². The molecule has 0 radical (unpaired) electrons. The molecule has 0 aliphatic carbocycles. The first kappa shape index (κ1) is 9.72. The molecule has 0 saturated heterocycles. The number of fused-ring (bicyclic) bond motifs is 3. The van der Waals surface area contributed by atoms with Crippen molar-refractivity contribution in [2.45, 2.75) is 0 Å². The van der Waals surface area contributed by atoms with Gasteiger partial charge in [0.2, 0.25) is 0 Å². The molecule has 1 heterocycles. The van der Waals surface area contributed by atoms with Gasteiger partial charge < -0.3 is 15.3 Å². The zero-order chi connectivity index (χ0) is 12.0. The lowest BCUT2D eigenvalue weighted by Gasteiger charge is -2.00. The van der Waals surface area contributed by atoms with Crippen LogP contribution in [0.25, 0.3) is 21.9 Å². The second kappa shape index (κ2) is 3.25. The summed E-state index contributed by atoms with van der Waals surface area (Å²) in [6.45, 7) is 0. The molecule has 3 N–H and O–H groups in total. The number of carboxylic acids is 1. The van der Waals surface area contributed by atoms with E-state index in [4.69, 9.17) is 15.3 Å². The van der Waals surface area contributed by atoms with Crippen molar-refractivity contribution in [2.75, 3.05) is 5.73 Å². The van der Waals surface area contributed by atoms with Crippen molar-refractivity contribution in [1.29, 1.82) is 0 Å². The summed E-state index contributed by atoms with van der Waals surface area (Å²) in [5.41, 5.74) is 6.90. The molecule has 0 aliphatic heterocycles. The first-order chi connectivity index (χ1) is 8.18. The highest BCUT2D eigenvalue weighted by molar-refractivity contribution is 6.14. The van der Waals surface area contributed by atoms with Crippen LogP contribution < -0.4 is 5.73 Å². The fraction of sp³-hybridized carbons (Fsp3) is 0. The number of para-hydroxylation sites is 1. The Kier molecular flexibility index (Phi) is 1.86. The van der Waals surface area contributed by atoms with Crippen LogP contribution >= 0.6 is 0 Å². The molecule has 4 nitrogen and oxygen atoms in total. The maximum absolute atomic E-state index is 11.2. The van der Waals surface area contributed by atoms with Crippen LogP contribution in [0, 0.1) is 0 Å². The number of nitrogens with two attached hydrogens (primary N) is 1. The monoisotopic (exact) mass is 227 g/mol. The quantitative estimate of drug-likeness (QED) is 0.626. The number of hydrogen-bond acceptors (Lipinski definition) is 3. The molecule has 4 heteroatoms. The predicted molar refractivity (Wildman–Crippen MR) is 65.1 cm³/mol. The molecule has 0 spiro atoms. The van der Waals surface area contributed by atoms with Crippen molar-refractivity contribution in [1.82, 2.24) is 0 Å². The molecular weight excluding hydrogens is 218 g/mol. The highest BCUT2D eigenvalue weighted by Crippen LogP contribution is 2.33. The second-order valence-electron chi connectivity index (χ2n) is 3.81. The second-order valence-corrected chi connectivity index (χ2v) is 3.81. The zero-order valence-corrected chi connectivity index (χ0v) is 8.81. The van der Waals surface area contributed by atoms with E-state index >= 15 is 0 Å². The highest BCUT2D eigenvalue weighted by atomic mass is 16.4. The number of carboxylic acid groups (broad SMARTS) is 1. The number of benzene rings is 2. The summed E-state index contributed by atoms with van der Waals surface area (Å²) in [6.07, 6.45) is 0. The molecule has 0 amide bonds. The molecular formula is C13H9NO3. The molecule has 2 aromatic carbocycles. The van der Waals surface area contributed by atoms with Crippen LogP contribution in [0.3, 0.4) is 0 Å². The van der Waals surface area contributed by atoms with Gasteiger partial charge in [-0.1, -0.05) is 18.2 Å². The van der Waals surface area contributed by atoms with Crippen LogP contribution in [0.2, 0.25) is 0 Å². The van der Waals surface area contributed by atoms with Crippen molar-refractivity contribution >= 4 is 33.6 Å². The average molecular weight is 227 g/mol. The van der Waals surface area contributed by atoms with E-state index < -0.39 is 5.97 Å². The van der Waals surface area contributed by atoms with Crippen LogP contribution in [0.1, 0.15) is 10.4 Å². The minimum Gasteiger partial charge on any atom is -0.477 e. The number of anilines is 1. The van der Waals surface area contributed by atoms with E-state index in [2.05, 4.69) is 0 Å². The van der Waals surface area contributed by atoms with Gasteiger partial charge in [-0.3, -0.25) is 0 Å². The van der Waals surface area contributed by atoms with Gasteiger partial charge in [0.25, 0.3) is 0 Å². The van der Waals surface area contributed by atoms with Crippen LogP contribution in [-0.4, -0.2) is 11.1 Å². The Morgan fingerprint density at radius 2 is 1.88 bits per heavy atom. The third-order valence-corrected chi connectivity index (χ3v) is 2.79. The molecule has 0 aliphatic rings. The Morgan fingerprint density at radius 3 is 2.65 bits per heavy atom. The molecule has 84 valence electrons. The number of aromatic carboxylic acids is 1. The fourth-order valence-electron chi connectivity index (χ4n) is 2.02. The molecule has 0 bridgehead atoms. The molecule has 17 heavy (non-hydrogen) atoms. The first-order valence-corrected chi connectivity index (χ1v) is 5.11. The number of carbonyl (C=O) groups is 1. The Morgan fingerprint density at radius 1 is 1.12 bits per heavy atom. The number of rotatable bonds is 1. The Balaban J connectivity index is 2.56. The number of furan rings is 1. The van der Waals surface area contributed by atoms with E-state index in [1.165, 1.54) is 0 Å². The SMILES string of the molecule is Nc1ccc2c(oc3ccccc32)c1C(=O)O. The van der Waals surface area contributed by atoms with Gasteiger partial charge in [0.1, 0.15) is 11.1 Å². The third-order valence-electron chi connectivity index (χ3n) is 2.79. The Labute approximate surface area is 96.2 Å². The molecule has 0 fully saturated rings. The Bertz CT molecular complexity index is 743. The molecule has 1 aromatic heterocycles. The highest BCUT2D eigenvalue weighted by Gasteiger charge is 2.17. The lowest BCUT2D eigenvalue weighted by molar-refractivity contribution is 0.0699. The van der Waals surface area contributed by atoms with E-state index in [1.54, 1.807) is 18.2 Å². The lowest BCUT2D eigenvalue weighted by atomic mass is 10.1. The predicted octanol–water partition coefficient (Wildman–Crippen LogP) is 2.87. The first-order valence-electron chi connectivity index (χ1n) is 5.11. The van der Waals surface area contributed by atoms with Gasteiger partial charge in [-0.25, -0.2) is 4.79 Å². The van der Waals surface area contributed by atoms with Crippen molar-refractivity contribution in [3.8, 4) is 0 Å². The van der Waals surface area contributed by atoms with Crippen LogP contribution in [0.15, 0.2) is 40.8 Å². The van der Waals surface area contributed by atoms with Gasteiger partial charge >= 0.3 is 5.97 Å². The molecule has 0 unspecified atom stereocenters. The van der Waals surface area contributed by atoms with Gasteiger partial charge in [-0.2, -0.15) is 0 Å². The standard InChI is InChI=1S/C13H9NO3/c14-9-6-5-8-7-3-1-2-4-10(7)17-12(8)11(9)13(15)16/h1-6H,14H2,(H,15,16). The van der Waals surface area contributed by atoms with Crippen molar-refractivity contribution in [3.63, 3.8) is 0 Å². The number of nitrogen functional groups attached to an aromatic ring is 1. The van der Waals surface area contributed by atoms with Gasteiger partial charge in [0.15, 0.2) is 5.58 Å². The van der Waals surface area contributed by atoms with Gasteiger partial charge in [-0.15, -0.1) is 0 Å². The average Bonchev–Trinajstić information content (AvgIpc) is 2.66. The lowest BCUT2D eigenvalue weighted by Crippen LogP contribution is -2.02.